The number of hydrogen-bond acceptors (Lipinski definition) is 7. The largest absolute Gasteiger partial charge is 0.544 e. The van der Waals surface area contributed by atoms with Gasteiger partial charge in [0.15, 0.2) is 6.10 Å². The van der Waals surface area contributed by atoms with Crippen LogP contribution in [0.15, 0.2) is 72.9 Å². The number of aliphatic carboxylic acids is 1. The van der Waals surface area contributed by atoms with Gasteiger partial charge in [-0.25, -0.2) is 0 Å². The molecule has 0 aliphatic heterocycles. The van der Waals surface area contributed by atoms with Crippen molar-refractivity contribution in [2.45, 2.75) is 199 Å². The zero-order valence-electron chi connectivity index (χ0n) is 39.1. The van der Waals surface area contributed by atoms with Gasteiger partial charge in [0.2, 0.25) is 0 Å². The van der Waals surface area contributed by atoms with E-state index < -0.39 is 18.1 Å². The molecule has 0 heterocycles. The molecule has 0 spiro atoms. The number of hydrogen-bond donors (Lipinski definition) is 0. The highest BCUT2D eigenvalue weighted by molar-refractivity contribution is 5.70. The van der Waals surface area contributed by atoms with Crippen LogP contribution in [-0.2, 0) is 28.6 Å². The zero-order chi connectivity index (χ0) is 44.2. The van der Waals surface area contributed by atoms with E-state index in [1.807, 2.05) is 0 Å². The Morgan fingerprint density at radius 3 is 1.40 bits per heavy atom. The summed E-state index contributed by atoms with van der Waals surface area (Å²) in [6, 6.07) is -0.734. The minimum atomic E-state index is -1.13. The van der Waals surface area contributed by atoms with Crippen molar-refractivity contribution in [3.8, 4) is 0 Å². The van der Waals surface area contributed by atoms with Gasteiger partial charge in [-0.1, -0.05) is 157 Å². The van der Waals surface area contributed by atoms with Crippen LogP contribution in [-0.4, -0.2) is 75.5 Å². The van der Waals surface area contributed by atoms with E-state index in [1.54, 1.807) is 21.1 Å². The molecular formula is C52H89NO7. The minimum absolute atomic E-state index is 0.0263. The van der Waals surface area contributed by atoms with E-state index in [0.717, 1.165) is 96.3 Å². The van der Waals surface area contributed by atoms with Gasteiger partial charge in [-0.05, 0) is 83.5 Å². The van der Waals surface area contributed by atoms with Crippen LogP contribution in [0, 0.1) is 0 Å². The van der Waals surface area contributed by atoms with Gasteiger partial charge in [0, 0.05) is 19.3 Å². The van der Waals surface area contributed by atoms with Crippen molar-refractivity contribution in [3.05, 3.63) is 72.9 Å². The van der Waals surface area contributed by atoms with Crippen molar-refractivity contribution in [3.63, 3.8) is 0 Å². The monoisotopic (exact) mass is 840 g/mol. The predicted molar refractivity (Wildman–Crippen MR) is 249 cm³/mol. The Morgan fingerprint density at radius 2 is 0.933 bits per heavy atom. The molecule has 0 aliphatic rings. The molecule has 0 bridgehead atoms. The second-order valence-electron chi connectivity index (χ2n) is 17.0. The molecule has 0 aliphatic carbocycles. The molecule has 0 amide bonds. The van der Waals surface area contributed by atoms with E-state index in [1.165, 1.54) is 57.8 Å². The molecule has 0 aromatic heterocycles. The lowest BCUT2D eigenvalue weighted by molar-refractivity contribution is -0.889. The molecule has 0 radical (unpaired) electrons. The number of likely N-dealkylation sites (N-methyl/N-ethyl adjacent to an activating group) is 1. The van der Waals surface area contributed by atoms with Crippen LogP contribution in [0.3, 0.4) is 0 Å². The molecule has 0 aromatic rings. The SMILES string of the molecule is CCCCC/C=C/C=C/CCCCCCCCC(=O)OC(COCCC(C(=O)[O-])[N+](C)(C)C)COC(=O)CCCCCCC/C=C/C/C=C/C/C=C/C/C=C/CCCCC. The van der Waals surface area contributed by atoms with E-state index in [4.69, 9.17) is 14.2 Å². The van der Waals surface area contributed by atoms with Crippen LogP contribution in [0.5, 0.6) is 0 Å². The predicted octanol–water partition coefficient (Wildman–Crippen LogP) is 12.2. The lowest BCUT2D eigenvalue weighted by atomic mass is 10.1. The van der Waals surface area contributed by atoms with Gasteiger partial charge in [-0.15, -0.1) is 0 Å². The Kier molecular flexibility index (Phi) is 40.2. The maximum atomic E-state index is 12.7. The number of carbonyl (C=O) groups is 3. The summed E-state index contributed by atoms with van der Waals surface area (Å²) in [5.41, 5.74) is 0. The highest BCUT2D eigenvalue weighted by Crippen LogP contribution is 2.13. The summed E-state index contributed by atoms with van der Waals surface area (Å²) in [5, 5.41) is 11.6. The summed E-state index contributed by atoms with van der Waals surface area (Å²) in [6.45, 7) is 4.57. The highest BCUT2D eigenvalue weighted by atomic mass is 16.6. The van der Waals surface area contributed by atoms with Gasteiger partial charge in [-0.2, -0.15) is 0 Å². The van der Waals surface area contributed by atoms with E-state index in [9.17, 15) is 19.5 Å². The van der Waals surface area contributed by atoms with Gasteiger partial charge in [0.1, 0.15) is 12.6 Å². The van der Waals surface area contributed by atoms with E-state index in [2.05, 4.69) is 86.8 Å². The second kappa shape index (κ2) is 42.5. The van der Waals surface area contributed by atoms with Gasteiger partial charge < -0.3 is 28.6 Å². The molecule has 0 saturated heterocycles. The van der Waals surface area contributed by atoms with Gasteiger partial charge in [-0.3, -0.25) is 9.59 Å². The molecule has 8 heteroatoms. The first-order chi connectivity index (χ1) is 29.1. The molecule has 2 unspecified atom stereocenters. The van der Waals surface area contributed by atoms with Gasteiger partial charge >= 0.3 is 11.9 Å². The molecular weight excluding hydrogens is 751 g/mol. The fourth-order valence-electron chi connectivity index (χ4n) is 6.57. The Hall–Kier alpha value is -3.23. The van der Waals surface area contributed by atoms with Crippen molar-refractivity contribution in [2.75, 3.05) is 41.0 Å². The van der Waals surface area contributed by atoms with E-state index >= 15 is 0 Å². The average Bonchev–Trinajstić information content (AvgIpc) is 3.21. The van der Waals surface area contributed by atoms with Crippen molar-refractivity contribution in [1.29, 1.82) is 0 Å². The topological polar surface area (TPSA) is 102 Å². The third kappa shape index (κ3) is 40.2. The van der Waals surface area contributed by atoms with Crippen molar-refractivity contribution < 1.29 is 38.2 Å². The number of esters is 2. The van der Waals surface area contributed by atoms with Crippen LogP contribution in [0.4, 0.5) is 0 Å². The first kappa shape index (κ1) is 56.8. The van der Waals surface area contributed by atoms with Crippen molar-refractivity contribution >= 4 is 17.9 Å². The molecule has 0 fully saturated rings. The first-order valence-corrected chi connectivity index (χ1v) is 24.0. The van der Waals surface area contributed by atoms with Gasteiger partial charge in [0.25, 0.3) is 0 Å². The number of nitrogens with zero attached hydrogens (tertiary/aromatic N) is 1. The average molecular weight is 840 g/mol. The Morgan fingerprint density at radius 1 is 0.517 bits per heavy atom. The lowest BCUT2D eigenvalue weighted by Gasteiger charge is -2.34. The van der Waals surface area contributed by atoms with Crippen LogP contribution in [0.25, 0.3) is 0 Å². The fraction of sp³-hybridized carbons (Fsp3) is 0.712. The number of allylic oxidation sites excluding steroid dienone is 12. The maximum absolute atomic E-state index is 12.7. The molecule has 8 nitrogen and oxygen atoms in total. The molecule has 0 aromatic carbocycles. The molecule has 0 N–H and O–H groups in total. The molecule has 2 atom stereocenters. The van der Waals surface area contributed by atoms with Crippen molar-refractivity contribution in [2.24, 2.45) is 0 Å². The summed E-state index contributed by atoms with van der Waals surface area (Å²) < 4.78 is 17.2. The van der Waals surface area contributed by atoms with Crippen molar-refractivity contribution in [1.82, 2.24) is 0 Å². The van der Waals surface area contributed by atoms with E-state index in [0.29, 0.717) is 12.8 Å². The Bertz CT molecular complexity index is 1210. The Labute approximate surface area is 368 Å². The zero-order valence-corrected chi connectivity index (χ0v) is 39.1. The number of rotatable bonds is 42. The van der Waals surface area contributed by atoms with Gasteiger partial charge in [0.05, 0.1) is 40.3 Å². The second-order valence-corrected chi connectivity index (χ2v) is 17.0. The summed E-state index contributed by atoms with van der Waals surface area (Å²) in [5.74, 6) is -1.78. The normalized spacial score (nSPS) is 13.6. The maximum Gasteiger partial charge on any atom is 0.306 e. The number of quaternary nitrogens is 1. The van der Waals surface area contributed by atoms with Crippen LogP contribution in [0.2, 0.25) is 0 Å². The molecule has 0 saturated carbocycles. The summed E-state index contributed by atoms with van der Waals surface area (Å²) in [4.78, 5) is 36.9. The number of carboxylic acids is 1. The number of carbonyl (C=O) groups excluding carboxylic acids is 3. The smallest absolute Gasteiger partial charge is 0.306 e. The number of unbranched alkanes of at least 4 members (excludes halogenated alkanes) is 17. The molecule has 0 rings (SSSR count). The lowest BCUT2D eigenvalue weighted by Crippen LogP contribution is -2.55. The van der Waals surface area contributed by atoms with Crippen LogP contribution in [0.1, 0.15) is 187 Å². The van der Waals surface area contributed by atoms with Crippen LogP contribution >= 0.6 is 0 Å². The summed E-state index contributed by atoms with van der Waals surface area (Å²) >= 11 is 0. The molecule has 344 valence electrons. The third-order valence-electron chi connectivity index (χ3n) is 10.3. The molecule has 60 heavy (non-hydrogen) atoms. The summed E-state index contributed by atoms with van der Waals surface area (Å²) in [6.07, 6.45) is 53.5. The van der Waals surface area contributed by atoms with Crippen LogP contribution < -0.4 is 5.11 Å². The Balaban J connectivity index is 4.35. The standard InChI is InChI=1S/C52H89NO7/c1-6-8-10-12-14-16-18-20-22-23-24-25-26-27-29-30-32-34-36-38-40-42-50(54)59-47-48(46-58-45-44-49(52(56)57)53(3,4)5)60-51(55)43-41-39-37-35-33-31-28-21-19-17-15-13-11-9-7-2/h14-17,19-22,24-25,27,29,48-49H,6-13,18,23,26,28,30-47H2,1-5H3/b16-14+,17-15+,21-19+,22-20+,25-24+,29-27+. The highest BCUT2D eigenvalue weighted by Gasteiger charge is 2.25. The number of ether oxygens (including phenoxy) is 3. The summed E-state index contributed by atoms with van der Waals surface area (Å²) in [7, 11) is 5.39. The quantitative estimate of drug-likeness (QED) is 0.0198. The third-order valence-corrected chi connectivity index (χ3v) is 10.3. The van der Waals surface area contributed by atoms with E-state index in [-0.39, 0.29) is 42.7 Å². The fourth-order valence-corrected chi connectivity index (χ4v) is 6.57. The number of carboxylic acid groups (broad SMARTS) is 1. The minimum Gasteiger partial charge on any atom is -0.544 e. The first-order valence-electron chi connectivity index (χ1n) is 24.0.